The lowest BCUT2D eigenvalue weighted by Crippen LogP contribution is -2.47. The van der Waals surface area contributed by atoms with E-state index in [1.165, 1.54) is 0 Å². The molecule has 3 aromatic rings. The molecular formula is C25H32ClN5O2S. The van der Waals surface area contributed by atoms with Gasteiger partial charge < -0.3 is 9.21 Å². The van der Waals surface area contributed by atoms with E-state index < -0.39 is 9.71 Å². The first kappa shape index (κ1) is 24.6. The predicted molar refractivity (Wildman–Crippen MR) is 142 cm³/mol. The lowest BCUT2D eigenvalue weighted by Gasteiger charge is -2.34. The lowest BCUT2D eigenvalue weighted by atomic mass is 10.1. The highest BCUT2D eigenvalue weighted by atomic mass is 35.5. The molecule has 2 aromatic heterocycles. The fraction of sp³-hybridized carbons (Fsp3) is 0.400. The first-order chi connectivity index (χ1) is 16.1. The van der Waals surface area contributed by atoms with Gasteiger partial charge in [-0.15, -0.1) is 0 Å². The number of carbonyl (C=O) groups excluding carboxylic acids is 1. The SMILES string of the molecule is C=S(=O)(C(C)C)N(C)c1ccc2nc(-c3ccc(Cl)cc3)c(CN3CCN(C(C)=O)CC3)n2c1. The van der Waals surface area contributed by atoms with E-state index in [0.717, 1.165) is 41.4 Å². The Balaban J connectivity index is 1.76. The van der Waals surface area contributed by atoms with Crippen molar-refractivity contribution >= 4 is 44.4 Å². The van der Waals surface area contributed by atoms with Gasteiger partial charge in [0, 0.05) is 78.4 Å². The highest BCUT2D eigenvalue weighted by molar-refractivity contribution is 8.02. The van der Waals surface area contributed by atoms with Crippen LogP contribution < -0.4 is 4.31 Å². The average molecular weight is 502 g/mol. The molecule has 0 spiro atoms. The second-order valence-electron chi connectivity index (χ2n) is 9.05. The van der Waals surface area contributed by atoms with Crippen LogP contribution in [-0.2, 0) is 21.0 Å². The average Bonchev–Trinajstić information content (AvgIpc) is 3.16. The van der Waals surface area contributed by atoms with Crippen molar-refractivity contribution in [3.05, 3.63) is 53.3 Å². The molecule has 9 heteroatoms. The third kappa shape index (κ3) is 4.80. The van der Waals surface area contributed by atoms with E-state index in [0.29, 0.717) is 24.7 Å². The van der Waals surface area contributed by atoms with Gasteiger partial charge in [0.05, 0.1) is 17.1 Å². The molecule has 0 bridgehead atoms. The van der Waals surface area contributed by atoms with Gasteiger partial charge in [0.15, 0.2) is 0 Å². The molecule has 0 aliphatic carbocycles. The maximum absolute atomic E-state index is 13.2. The lowest BCUT2D eigenvalue weighted by molar-refractivity contribution is -0.130. The van der Waals surface area contributed by atoms with Crippen molar-refractivity contribution in [2.75, 3.05) is 37.5 Å². The summed E-state index contributed by atoms with van der Waals surface area (Å²) < 4.78 is 17.1. The number of fused-ring (bicyclic) bond motifs is 1. The minimum atomic E-state index is -2.47. The molecule has 1 aliphatic rings. The van der Waals surface area contributed by atoms with Crippen LogP contribution in [0, 0.1) is 0 Å². The van der Waals surface area contributed by atoms with Gasteiger partial charge >= 0.3 is 0 Å². The molecular weight excluding hydrogens is 470 g/mol. The Kier molecular flexibility index (Phi) is 6.94. The molecule has 182 valence electrons. The van der Waals surface area contributed by atoms with Crippen LogP contribution in [0.5, 0.6) is 0 Å². The van der Waals surface area contributed by atoms with Gasteiger partial charge in [-0.1, -0.05) is 23.7 Å². The summed E-state index contributed by atoms with van der Waals surface area (Å²) >= 11 is 6.13. The molecule has 0 N–H and O–H groups in total. The summed E-state index contributed by atoms with van der Waals surface area (Å²) in [4.78, 5) is 20.9. The standard InChI is InChI=1S/C25H32ClN5O2S/c1-18(2)34(5,33)28(4)22-10-11-24-27-25(20-6-8-21(26)9-7-20)23(31(24)16-22)17-29-12-14-30(15-13-29)19(3)32/h6-11,16,18H,5,12-15,17H2,1-4H3. The van der Waals surface area contributed by atoms with Gasteiger partial charge in [0.2, 0.25) is 5.91 Å². The van der Waals surface area contributed by atoms with Crippen molar-refractivity contribution in [1.82, 2.24) is 19.2 Å². The molecule has 1 aliphatic heterocycles. The van der Waals surface area contributed by atoms with Gasteiger partial charge in [-0.3, -0.25) is 14.1 Å². The number of amides is 1. The summed E-state index contributed by atoms with van der Waals surface area (Å²) in [7, 11) is -0.638. The number of imidazole rings is 1. The first-order valence-electron chi connectivity index (χ1n) is 11.4. The number of rotatable bonds is 6. The van der Waals surface area contributed by atoms with Gasteiger partial charge in [0.1, 0.15) is 5.65 Å². The minimum Gasteiger partial charge on any atom is -0.340 e. The fourth-order valence-electron chi connectivity index (χ4n) is 4.19. The predicted octanol–water partition coefficient (Wildman–Crippen LogP) is 3.79. The van der Waals surface area contributed by atoms with E-state index in [-0.39, 0.29) is 11.2 Å². The van der Waals surface area contributed by atoms with Crippen molar-refractivity contribution in [3.8, 4) is 11.3 Å². The largest absolute Gasteiger partial charge is 0.340 e. The molecule has 1 amide bonds. The Morgan fingerprint density at radius 1 is 1.15 bits per heavy atom. The summed E-state index contributed by atoms with van der Waals surface area (Å²) in [6.45, 7) is 9.18. The number of hydrogen-bond donors (Lipinski definition) is 0. The topological polar surface area (TPSA) is 61.2 Å². The number of hydrogen-bond acceptors (Lipinski definition) is 4. The van der Waals surface area contributed by atoms with E-state index in [1.54, 1.807) is 11.2 Å². The normalized spacial score (nSPS) is 16.7. The number of anilines is 1. The van der Waals surface area contributed by atoms with E-state index in [2.05, 4.69) is 15.2 Å². The van der Waals surface area contributed by atoms with Crippen LogP contribution in [0.4, 0.5) is 5.69 Å². The second kappa shape index (κ2) is 9.60. The molecule has 34 heavy (non-hydrogen) atoms. The summed E-state index contributed by atoms with van der Waals surface area (Å²) in [6, 6.07) is 11.6. The third-order valence-electron chi connectivity index (χ3n) is 6.57. The van der Waals surface area contributed by atoms with E-state index in [9.17, 15) is 9.00 Å². The summed E-state index contributed by atoms with van der Waals surface area (Å²) in [6.07, 6.45) is 2.00. The highest BCUT2D eigenvalue weighted by Gasteiger charge is 2.23. The third-order valence-corrected chi connectivity index (χ3v) is 9.44. The number of aromatic nitrogens is 2. The monoisotopic (exact) mass is 501 g/mol. The zero-order valence-corrected chi connectivity index (χ0v) is 21.8. The number of piperazine rings is 1. The van der Waals surface area contributed by atoms with Gasteiger partial charge in [0.25, 0.3) is 0 Å². The van der Waals surface area contributed by atoms with Crippen LogP contribution in [0.25, 0.3) is 16.9 Å². The van der Waals surface area contributed by atoms with E-state index in [4.69, 9.17) is 16.6 Å². The first-order valence-corrected chi connectivity index (χ1v) is 13.5. The number of carbonyl (C=O) groups is 1. The Bertz CT molecular complexity index is 1290. The molecule has 0 saturated carbocycles. The Hall–Kier alpha value is -2.55. The van der Waals surface area contributed by atoms with Crippen molar-refractivity contribution in [2.45, 2.75) is 32.6 Å². The Morgan fingerprint density at radius 2 is 1.79 bits per heavy atom. The molecule has 1 fully saturated rings. The number of halogens is 1. The van der Waals surface area contributed by atoms with Gasteiger partial charge in [-0.05, 0) is 44.0 Å². The van der Waals surface area contributed by atoms with Crippen molar-refractivity contribution in [1.29, 1.82) is 0 Å². The smallest absolute Gasteiger partial charge is 0.219 e. The van der Waals surface area contributed by atoms with Crippen LogP contribution in [0.3, 0.4) is 0 Å². The van der Waals surface area contributed by atoms with Crippen molar-refractivity contribution in [2.24, 2.45) is 0 Å². The molecule has 7 nitrogen and oxygen atoms in total. The second-order valence-corrected chi connectivity index (χ2v) is 12.4. The van der Waals surface area contributed by atoms with Crippen LogP contribution in [0.2, 0.25) is 5.02 Å². The van der Waals surface area contributed by atoms with E-state index in [1.807, 2.05) is 68.4 Å². The molecule has 1 unspecified atom stereocenters. The fourth-order valence-corrected chi connectivity index (χ4v) is 5.41. The maximum atomic E-state index is 13.2. The molecule has 3 heterocycles. The molecule has 1 aromatic carbocycles. The Labute approximate surface area is 207 Å². The zero-order valence-electron chi connectivity index (χ0n) is 20.2. The summed E-state index contributed by atoms with van der Waals surface area (Å²) in [5.74, 6) is 4.12. The molecule has 0 radical (unpaired) electrons. The van der Waals surface area contributed by atoms with Crippen molar-refractivity contribution in [3.63, 3.8) is 0 Å². The quantitative estimate of drug-likeness (QED) is 0.482. The number of pyridine rings is 1. The van der Waals surface area contributed by atoms with Crippen LogP contribution in [0.1, 0.15) is 26.5 Å². The number of benzene rings is 1. The summed E-state index contributed by atoms with van der Waals surface area (Å²) in [5, 5.41) is 0.592. The highest BCUT2D eigenvalue weighted by Crippen LogP contribution is 2.29. The number of nitrogens with zero attached hydrogens (tertiary/aromatic N) is 5. The van der Waals surface area contributed by atoms with E-state index >= 15 is 0 Å². The van der Waals surface area contributed by atoms with Crippen LogP contribution >= 0.6 is 11.6 Å². The molecule has 4 rings (SSSR count). The van der Waals surface area contributed by atoms with Gasteiger partial charge in [-0.25, -0.2) is 9.19 Å². The maximum Gasteiger partial charge on any atom is 0.219 e. The minimum absolute atomic E-state index is 0.0855. The zero-order chi connectivity index (χ0) is 24.6. The van der Waals surface area contributed by atoms with Crippen LogP contribution in [0.15, 0.2) is 42.6 Å². The Morgan fingerprint density at radius 3 is 2.38 bits per heavy atom. The van der Waals surface area contributed by atoms with Crippen molar-refractivity contribution < 1.29 is 9.00 Å². The summed E-state index contributed by atoms with van der Waals surface area (Å²) in [5.41, 5.74) is 4.57. The van der Waals surface area contributed by atoms with Crippen LogP contribution in [-0.4, -0.2) is 73.6 Å². The van der Waals surface area contributed by atoms with Gasteiger partial charge in [-0.2, -0.15) is 0 Å². The molecule has 1 atom stereocenters. The molecule has 1 saturated heterocycles.